The van der Waals surface area contributed by atoms with E-state index in [0.29, 0.717) is 0 Å². The normalized spacial score (nSPS) is 12.5. The molecule has 0 atom stereocenters. The Balaban J connectivity index is -0.000000213. The minimum absolute atomic E-state index is 0. The van der Waals surface area contributed by atoms with Crippen LogP contribution in [0.1, 0.15) is 0 Å². The van der Waals surface area contributed by atoms with E-state index < -0.39 is 0 Å². The molecular formula is C6H15Br2N3. The average Bonchev–Trinajstić information content (AvgIpc) is 2.19. The first-order valence-corrected chi connectivity index (χ1v) is 2.85. The van der Waals surface area contributed by atoms with E-state index in [1.807, 2.05) is 12.4 Å². The molecule has 0 fully saturated rings. The molecule has 1 aliphatic rings. The summed E-state index contributed by atoms with van der Waals surface area (Å²) in [5.74, 6) is 0. The van der Waals surface area contributed by atoms with Crippen LogP contribution in [0.4, 0.5) is 0 Å². The number of nitrogens with zero attached hydrogens (tertiary/aromatic N) is 1. The van der Waals surface area contributed by atoms with Crippen LogP contribution in [0.5, 0.6) is 0 Å². The predicted octanol–water partition coefficient (Wildman–Crippen LogP) is -2.44. The van der Waals surface area contributed by atoms with Gasteiger partial charge in [0.15, 0.2) is 0 Å². The molecule has 1 heterocycles. The van der Waals surface area contributed by atoms with Crippen molar-refractivity contribution in [3.05, 3.63) is 12.7 Å². The molecule has 1 aliphatic heterocycles. The average molecular weight is 289 g/mol. The van der Waals surface area contributed by atoms with Crippen molar-refractivity contribution in [3.63, 3.8) is 0 Å². The number of hydrogen-bond donors (Lipinski definition) is 2. The number of nitrogens with one attached hydrogen (secondary N) is 1. The fraction of sp³-hybridized carbons (Fsp3) is 0.500. The van der Waals surface area contributed by atoms with Gasteiger partial charge in [-0.05, 0) is 0 Å². The topological polar surface area (TPSA) is 50.0 Å². The van der Waals surface area contributed by atoms with E-state index in [9.17, 15) is 0 Å². The summed E-state index contributed by atoms with van der Waals surface area (Å²) in [6.45, 7) is 6.79. The third-order valence-electron chi connectivity index (χ3n) is 1.18. The lowest BCUT2D eigenvalue weighted by Crippen LogP contribution is -3.00. The molecule has 0 aromatic rings. The third-order valence-corrected chi connectivity index (χ3v) is 1.18. The van der Waals surface area contributed by atoms with Crippen molar-refractivity contribution in [1.29, 1.82) is 0 Å². The molecule has 0 aromatic carbocycles. The Morgan fingerprint density at radius 3 is 2.64 bits per heavy atom. The minimum atomic E-state index is 0. The monoisotopic (exact) mass is 287 g/mol. The van der Waals surface area contributed by atoms with Crippen molar-refractivity contribution in [2.24, 2.45) is 0 Å². The SMILES string of the molecule is Br.C=CC[N+]1=CNCC1.N.[Br-]. The molecular weight excluding hydrogens is 274 g/mol. The molecule has 68 valence electrons. The van der Waals surface area contributed by atoms with Crippen molar-refractivity contribution >= 4 is 23.3 Å². The highest BCUT2D eigenvalue weighted by Crippen LogP contribution is 1.78. The van der Waals surface area contributed by atoms with E-state index in [4.69, 9.17) is 0 Å². The summed E-state index contributed by atoms with van der Waals surface area (Å²) in [6, 6.07) is 0. The number of rotatable bonds is 2. The molecule has 11 heavy (non-hydrogen) atoms. The second-order valence-corrected chi connectivity index (χ2v) is 1.87. The van der Waals surface area contributed by atoms with E-state index in [1.165, 1.54) is 0 Å². The lowest BCUT2D eigenvalue weighted by atomic mass is 10.5. The van der Waals surface area contributed by atoms with Crippen LogP contribution in [0.25, 0.3) is 0 Å². The number of hydrogen-bond acceptors (Lipinski definition) is 2. The maximum atomic E-state index is 3.63. The fourth-order valence-electron chi connectivity index (χ4n) is 0.776. The van der Waals surface area contributed by atoms with Gasteiger partial charge >= 0.3 is 0 Å². The zero-order chi connectivity index (χ0) is 5.82. The molecule has 0 amide bonds. The summed E-state index contributed by atoms with van der Waals surface area (Å²) in [6.07, 6.45) is 3.91. The van der Waals surface area contributed by atoms with Gasteiger partial charge < -0.3 is 23.1 Å². The summed E-state index contributed by atoms with van der Waals surface area (Å²) in [7, 11) is 0. The van der Waals surface area contributed by atoms with E-state index >= 15 is 0 Å². The van der Waals surface area contributed by atoms with Gasteiger partial charge in [0.25, 0.3) is 0 Å². The quantitative estimate of drug-likeness (QED) is 0.438. The van der Waals surface area contributed by atoms with E-state index in [2.05, 4.69) is 16.5 Å². The molecule has 1 rings (SSSR count). The molecule has 0 aliphatic carbocycles. The van der Waals surface area contributed by atoms with Gasteiger partial charge in [-0.15, -0.1) is 17.0 Å². The van der Waals surface area contributed by atoms with Gasteiger partial charge in [0.2, 0.25) is 6.34 Å². The highest BCUT2D eigenvalue weighted by atomic mass is 79.9. The molecule has 0 saturated heterocycles. The molecule has 0 spiro atoms. The second kappa shape index (κ2) is 10.1. The molecule has 0 bridgehead atoms. The zero-order valence-corrected chi connectivity index (χ0v) is 9.72. The van der Waals surface area contributed by atoms with Gasteiger partial charge in [0.05, 0.1) is 0 Å². The van der Waals surface area contributed by atoms with E-state index in [-0.39, 0.29) is 40.1 Å². The smallest absolute Gasteiger partial charge is 0.232 e. The van der Waals surface area contributed by atoms with Crippen LogP contribution < -0.4 is 28.4 Å². The highest BCUT2D eigenvalue weighted by Gasteiger charge is 2.04. The molecule has 0 radical (unpaired) electrons. The van der Waals surface area contributed by atoms with Gasteiger partial charge in [-0.25, -0.2) is 0 Å². The van der Waals surface area contributed by atoms with E-state index in [1.54, 1.807) is 0 Å². The summed E-state index contributed by atoms with van der Waals surface area (Å²) in [5.41, 5.74) is 0. The van der Waals surface area contributed by atoms with Crippen LogP contribution in [-0.4, -0.2) is 30.5 Å². The zero-order valence-electron chi connectivity index (χ0n) is 6.42. The standard InChI is InChI=1S/C6H10N2.2BrH.H3N/c1-2-4-8-5-3-7-6-8;;;/h2,6H,1,3-5H2;2*1H;1H3. The second-order valence-electron chi connectivity index (χ2n) is 1.87. The predicted molar refractivity (Wildman–Crippen MR) is 49.6 cm³/mol. The Kier molecular flexibility index (Phi) is 15.9. The molecule has 0 aromatic heterocycles. The van der Waals surface area contributed by atoms with Gasteiger partial charge in [0, 0.05) is 0 Å². The Bertz CT molecular complexity index is 125. The highest BCUT2D eigenvalue weighted by molar-refractivity contribution is 8.93. The van der Waals surface area contributed by atoms with Crippen LogP contribution in [0.2, 0.25) is 0 Å². The van der Waals surface area contributed by atoms with Crippen LogP contribution in [0.15, 0.2) is 12.7 Å². The Morgan fingerprint density at radius 1 is 1.64 bits per heavy atom. The third kappa shape index (κ3) is 6.52. The summed E-state index contributed by atoms with van der Waals surface area (Å²) < 4.78 is 2.19. The summed E-state index contributed by atoms with van der Waals surface area (Å²) in [5, 5.41) is 3.11. The molecule has 3 nitrogen and oxygen atoms in total. The molecule has 0 unspecified atom stereocenters. The van der Waals surface area contributed by atoms with Gasteiger partial charge in [-0.1, -0.05) is 12.7 Å². The van der Waals surface area contributed by atoms with Crippen LogP contribution >= 0.6 is 17.0 Å². The Labute approximate surface area is 88.7 Å². The molecule has 4 N–H and O–H groups in total. The molecule has 5 heteroatoms. The number of halogens is 2. The van der Waals surface area contributed by atoms with E-state index in [0.717, 1.165) is 19.6 Å². The van der Waals surface area contributed by atoms with Crippen LogP contribution in [-0.2, 0) is 0 Å². The van der Waals surface area contributed by atoms with Crippen molar-refractivity contribution in [2.75, 3.05) is 19.6 Å². The first-order chi connectivity index (χ1) is 3.93. The first kappa shape index (κ1) is 17.3. The maximum Gasteiger partial charge on any atom is 0.232 e. The Morgan fingerprint density at radius 2 is 2.27 bits per heavy atom. The molecule has 0 saturated carbocycles. The van der Waals surface area contributed by atoms with Crippen LogP contribution in [0, 0.1) is 0 Å². The van der Waals surface area contributed by atoms with Crippen molar-refractivity contribution in [2.45, 2.75) is 0 Å². The lowest BCUT2D eigenvalue weighted by Gasteiger charge is -1.89. The largest absolute Gasteiger partial charge is 1.00 e. The lowest BCUT2D eigenvalue weighted by molar-refractivity contribution is -0.503. The minimum Gasteiger partial charge on any atom is -1.00 e. The van der Waals surface area contributed by atoms with Crippen molar-refractivity contribution < 1.29 is 21.6 Å². The summed E-state index contributed by atoms with van der Waals surface area (Å²) >= 11 is 0. The van der Waals surface area contributed by atoms with Crippen LogP contribution in [0.3, 0.4) is 0 Å². The van der Waals surface area contributed by atoms with Gasteiger partial charge in [0.1, 0.15) is 19.6 Å². The first-order valence-electron chi connectivity index (χ1n) is 2.85. The Hall–Kier alpha value is 0.130. The maximum absolute atomic E-state index is 3.63. The van der Waals surface area contributed by atoms with Gasteiger partial charge in [-0.3, -0.25) is 9.89 Å². The summed E-state index contributed by atoms with van der Waals surface area (Å²) in [4.78, 5) is 0. The van der Waals surface area contributed by atoms with Crippen molar-refractivity contribution in [1.82, 2.24) is 11.5 Å². The van der Waals surface area contributed by atoms with Crippen molar-refractivity contribution in [3.8, 4) is 0 Å². The van der Waals surface area contributed by atoms with Gasteiger partial charge in [-0.2, -0.15) is 0 Å². The fourth-order valence-corrected chi connectivity index (χ4v) is 0.776.